The summed E-state index contributed by atoms with van der Waals surface area (Å²) in [4.78, 5) is 0. The van der Waals surface area contributed by atoms with E-state index in [0.717, 1.165) is 24.1 Å². The van der Waals surface area contributed by atoms with E-state index in [9.17, 15) is 0 Å². The third kappa shape index (κ3) is 2.89. The number of nitrogens with zero attached hydrogens (tertiary/aromatic N) is 1. The molecule has 0 unspecified atom stereocenters. The fraction of sp³-hybridized carbons (Fsp3) is 0.238. The van der Waals surface area contributed by atoms with Gasteiger partial charge in [-0.15, -0.1) is 0 Å². The van der Waals surface area contributed by atoms with Gasteiger partial charge in [0.2, 0.25) is 0 Å². The van der Waals surface area contributed by atoms with Gasteiger partial charge in [-0.2, -0.15) is 0 Å². The molecule has 4 rings (SSSR count). The average Bonchev–Trinajstić information content (AvgIpc) is 3.05. The van der Waals surface area contributed by atoms with Crippen molar-refractivity contribution in [2.75, 3.05) is 0 Å². The first-order valence-corrected chi connectivity index (χ1v) is 9.42. The van der Waals surface area contributed by atoms with E-state index in [0.29, 0.717) is 15.1 Å². The highest BCUT2D eigenvalue weighted by atomic mass is 35.5. The van der Waals surface area contributed by atoms with Crippen molar-refractivity contribution in [3.05, 3.63) is 69.4 Å². The Morgan fingerprint density at radius 1 is 0.880 bits per heavy atom. The largest absolute Gasteiger partial charge is 0.350 e. The standard InChI is InChI=1S/C21H18Cl3N/c1-21(2)10-17-18(13-6-4-3-5-7-13)15(11-25(17)12-21)14-8-9-16(22)20(24)19(14)23/h3-9,11H,10,12H2,1-2H3. The van der Waals surface area contributed by atoms with Crippen LogP contribution in [0.2, 0.25) is 15.1 Å². The van der Waals surface area contributed by atoms with E-state index in [1.807, 2.05) is 18.2 Å². The molecular formula is C21H18Cl3N. The van der Waals surface area contributed by atoms with E-state index in [2.05, 4.69) is 48.9 Å². The van der Waals surface area contributed by atoms with E-state index in [1.165, 1.54) is 16.8 Å². The minimum Gasteiger partial charge on any atom is -0.350 e. The molecule has 2 heterocycles. The third-order valence-electron chi connectivity index (χ3n) is 4.82. The third-order valence-corrected chi connectivity index (χ3v) is 6.12. The summed E-state index contributed by atoms with van der Waals surface area (Å²) >= 11 is 19.0. The highest BCUT2D eigenvalue weighted by molar-refractivity contribution is 6.49. The maximum Gasteiger partial charge on any atom is 0.0784 e. The molecule has 0 amide bonds. The molecule has 1 nitrogen and oxygen atoms in total. The first-order valence-electron chi connectivity index (χ1n) is 8.29. The molecule has 1 aliphatic rings. The molecule has 128 valence electrons. The quantitative estimate of drug-likeness (QED) is 0.403. The van der Waals surface area contributed by atoms with Gasteiger partial charge in [-0.05, 0) is 23.5 Å². The molecule has 0 atom stereocenters. The number of benzene rings is 2. The topological polar surface area (TPSA) is 4.93 Å². The second-order valence-electron chi connectivity index (χ2n) is 7.42. The summed E-state index contributed by atoms with van der Waals surface area (Å²) in [7, 11) is 0. The zero-order valence-electron chi connectivity index (χ0n) is 14.1. The lowest BCUT2D eigenvalue weighted by Gasteiger charge is -2.17. The average molecular weight is 391 g/mol. The fourth-order valence-corrected chi connectivity index (χ4v) is 4.40. The van der Waals surface area contributed by atoms with Crippen LogP contribution in [0.15, 0.2) is 48.7 Å². The van der Waals surface area contributed by atoms with Crippen LogP contribution in [0.1, 0.15) is 19.5 Å². The van der Waals surface area contributed by atoms with Crippen molar-refractivity contribution in [1.82, 2.24) is 4.57 Å². The maximum absolute atomic E-state index is 6.55. The number of hydrogen-bond acceptors (Lipinski definition) is 0. The Hall–Kier alpha value is -1.41. The smallest absolute Gasteiger partial charge is 0.0784 e. The van der Waals surface area contributed by atoms with Gasteiger partial charge in [0.25, 0.3) is 0 Å². The summed E-state index contributed by atoms with van der Waals surface area (Å²) in [6.45, 7) is 5.61. The molecule has 0 saturated heterocycles. The van der Waals surface area contributed by atoms with Gasteiger partial charge in [0.1, 0.15) is 0 Å². The van der Waals surface area contributed by atoms with E-state index < -0.39 is 0 Å². The summed E-state index contributed by atoms with van der Waals surface area (Å²) in [6.07, 6.45) is 3.24. The molecule has 2 aromatic carbocycles. The lowest BCUT2D eigenvalue weighted by molar-refractivity contribution is 0.359. The summed E-state index contributed by atoms with van der Waals surface area (Å²) < 4.78 is 2.36. The van der Waals surface area contributed by atoms with Crippen LogP contribution in [0.4, 0.5) is 0 Å². The second kappa shape index (κ2) is 6.09. The van der Waals surface area contributed by atoms with E-state index in [-0.39, 0.29) is 5.41 Å². The first kappa shape index (κ1) is 17.0. The van der Waals surface area contributed by atoms with Gasteiger partial charge < -0.3 is 4.57 Å². The number of fused-ring (bicyclic) bond motifs is 1. The molecule has 25 heavy (non-hydrogen) atoms. The predicted molar refractivity (Wildman–Crippen MR) is 108 cm³/mol. The van der Waals surface area contributed by atoms with Gasteiger partial charge >= 0.3 is 0 Å². The molecular weight excluding hydrogens is 373 g/mol. The Bertz CT molecular complexity index is 955. The second-order valence-corrected chi connectivity index (χ2v) is 8.59. The van der Waals surface area contributed by atoms with Crippen molar-refractivity contribution in [2.24, 2.45) is 5.41 Å². The van der Waals surface area contributed by atoms with E-state index in [4.69, 9.17) is 34.8 Å². The molecule has 0 N–H and O–H groups in total. The minimum absolute atomic E-state index is 0.263. The van der Waals surface area contributed by atoms with Crippen LogP contribution in [0.5, 0.6) is 0 Å². The SMILES string of the molecule is CC1(C)Cc2c(-c3ccccc3)c(-c3ccc(Cl)c(Cl)c3Cl)cn2C1. The van der Waals surface area contributed by atoms with Gasteiger partial charge in [-0.25, -0.2) is 0 Å². The highest BCUT2D eigenvalue weighted by Gasteiger charge is 2.33. The van der Waals surface area contributed by atoms with Crippen molar-refractivity contribution in [3.63, 3.8) is 0 Å². The van der Waals surface area contributed by atoms with Crippen LogP contribution in [0, 0.1) is 5.41 Å². The summed E-state index contributed by atoms with van der Waals surface area (Å²) in [6, 6.07) is 14.2. The number of rotatable bonds is 2. The molecule has 0 saturated carbocycles. The lowest BCUT2D eigenvalue weighted by Crippen LogP contribution is -2.12. The van der Waals surface area contributed by atoms with E-state index >= 15 is 0 Å². The van der Waals surface area contributed by atoms with Crippen LogP contribution in [-0.4, -0.2) is 4.57 Å². The Morgan fingerprint density at radius 3 is 2.32 bits per heavy atom. The Kier molecular flexibility index (Phi) is 4.15. The maximum atomic E-state index is 6.55. The number of aromatic nitrogens is 1. The summed E-state index contributed by atoms with van der Waals surface area (Å²) in [5, 5.41) is 1.39. The molecule has 0 aliphatic carbocycles. The zero-order chi connectivity index (χ0) is 17.8. The highest BCUT2D eigenvalue weighted by Crippen LogP contribution is 2.47. The number of hydrogen-bond donors (Lipinski definition) is 0. The van der Waals surface area contributed by atoms with Crippen LogP contribution in [0.25, 0.3) is 22.3 Å². The van der Waals surface area contributed by atoms with Crippen molar-refractivity contribution >= 4 is 34.8 Å². The summed E-state index contributed by atoms with van der Waals surface area (Å²) in [5.74, 6) is 0. The van der Waals surface area contributed by atoms with Crippen LogP contribution < -0.4 is 0 Å². The molecule has 4 heteroatoms. The lowest BCUT2D eigenvalue weighted by atomic mass is 9.87. The predicted octanol–water partition coefficient (Wildman–Crippen LogP) is 7.36. The zero-order valence-corrected chi connectivity index (χ0v) is 16.4. The Morgan fingerprint density at radius 2 is 1.60 bits per heavy atom. The Balaban J connectivity index is 1.98. The molecule has 0 bridgehead atoms. The van der Waals surface area contributed by atoms with Gasteiger partial charge in [-0.1, -0.05) is 85.0 Å². The molecule has 0 spiro atoms. The van der Waals surface area contributed by atoms with Crippen LogP contribution in [-0.2, 0) is 13.0 Å². The molecule has 1 aromatic heterocycles. The number of halogens is 3. The van der Waals surface area contributed by atoms with Gasteiger partial charge in [-0.3, -0.25) is 0 Å². The van der Waals surface area contributed by atoms with Gasteiger partial charge in [0.05, 0.1) is 15.1 Å². The van der Waals surface area contributed by atoms with E-state index in [1.54, 1.807) is 0 Å². The molecule has 3 aromatic rings. The van der Waals surface area contributed by atoms with Crippen molar-refractivity contribution in [1.29, 1.82) is 0 Å². The molecule has 0 radical (unpaired) electrons. The fourth-order valence-electron chi connectivity index (χ4n) is 3.76. The summed E-state index contributed by atoms with van der Waals surface area (Å²) in [5.41, 5.74) is 6.10. The van der Waals surface area contributed by atoms with Crippen molar-refractivity contribution in [3.8, 4) is 22.3 Å². The van der Waals surface area contributed by atoms with Gasteiger partial charge in [0, 0.05) is 35.1 Å². The molecule has 1 aliphatic heterocycles. The van der Waals surface area contributed by atoms with Crippen LogP contribution >= 0.6 is 34.8 Å². The minimum atomic E-state index is 0.263. The van der Waals surface area contributed by atoms with Crippen LogP contribution in [0.3, 0.4) is 0 Å². The molecule has 0 fully saturated rings. The monoisotopic (exact) mass is 389 g/mol. The Labute approximate surface area is 163 Å². The first-order chi connectivity index (χ1) is 11.9. The normalized spacial score (nSPS) is 15.4. The van der Waals surface area contributed by atoms with Crippen molar-refractivity contribution < 1.29 is 0 Å². The van der Waals surface area contributed by atoms with Crippen molar-refractivity contribution in [2.45, 2.75) is 26.8 Å². The van der Waals surface area contributed by atoms with Gasteiger partial charge in [0.15, 0.2) is 0 Å².